The van der Waals surface area contributed by atoms with Crippen LogP contribution in [0.2, 0.25) is 5.02 Å². The Morgan fingerprint density at radius 2 is 2.00 bits per heavy atom. The average Bonchev–Trinajstić information content (AvgIpc) is 2.56. The molecule has 0 saturated carbocycles. The van der Waals surface area contributed by atoms with Crippen molar-refractivity contribution in [1.29, 1.82) is 0 Å². The van der Waals surface area contributed by atoms with E-state index in [-0.39, 0.29) is 6.54 Å². The van der Waals surface area contributed by atoms with Gasteiger partial charge in [0, 0.05) is 35.4 Å². The maximum atomic E-state index is 8.16. The second-order valence-corrected chi connectivity index (χ2v) is 4.85. The van der Waals surface area contributed by atoms with E-state index in [2.05, 4.69) is 4.99 Å². The van der Waals surface area contributed by atoms with Crippen LogP contribution in [0.15, 0.2) is 53.5 Å². The molecule has 0 radical (unpaired) electrons. The summed E-state index contributed by atoms with van der Waals surface area (Å²) in [6.07, 6.45) is 0. The molecule has 0 fully saturated rings. The zero-order chi connectivity index (χ0) is 15.0. The molecule has 1 aliphatic rings. The number of anilines is 1. The Morgan fingerprint density at radius 3 is 2.79 bits per heavy atom. The molecule has 19 heavy (non-hydrogen) atoms. The number of benzodiazepines with no additional fused rings is 1. The minimum absolute atomic E-state index is 0.0834. The molecule has 0 atom stereocenters. The van der Waals surface area contributed by atoms with E-state index in [1.807, 2.05) is 42.5 Å². The summed E-state index contributed by atoms with van der Waals surface area (Å²) < 4.78 is 16.3. The summed E-state index contributed by atoms with van der Waals surface area (Å²) in [6, 6.07) is 15.3. The second kappa shape index (κ2) is 5.06. The van der Waals surface area contributed by atoms with Gasteiger partial charge in [0.25, 0.3) is 0 Å². The molecule has 0 N–H and O–H groups in total. The molecule has 2 nitrogen and oxygen atoms in total. The molecule has 1 heterocycles. The molecule has 0 spiro atoms. The van der Waals surface area contributed by atoms with Crippen molar-refractivity contribution in [2.24, 2.45) is 4.99 Å². The van der Waals surface area contributed by atoms with Crippen LogP contribution in [-0.2, 0) is 0 Å². The molecule has 1 aliphatic heterocycles. The van der Waals surface area contributed by atoms with E-state index >= 15 is 0 Å². The Balaban J connectivity index is 2.24. The smallest absolute Gasteiger partial charge is 0.0741 e. The minimum Gasteiger partial charge on any atom is -0.372 e. The zero-order valence-electron chi connectivity index (χ0n) is 12.6. The lowest BCUT2D eigenvalue weighted by Gasteiger charge is -2.19. The van der Waals surface area contributed by atoms with E-state index in [0.717, 1.165) is 22.5 Å². The highest BCUT2D eigenvalue weighted by atomic mass is 35.5. The van der Waals surface area contributed by atoms with E-state index in [1.165, 1.54) is 0 Å². The SMILES string of the molecule is [2H]C1([2H])CN=C([13c]2[13cH][13cH][13cH][13cH][13cH]2)c2cc(Cl)ccc2N1C. The topological polar surface area (TPSA) is 15.6 Å². The van der Waals surface area contributed by atoms with Gasteiger partial charge in [-0.05, 0) is 18.2 Å². The van der Waals surface area contributed by atoms with Crippen molar-refractivity contribution in [3.05, 3.63) is 64.7 Å². The van der Waals surface area contributed by atoms with Gasteiger partial charge in [-0.15, -0.1) is 0 Å². The van der Waals surface area contributed by atoms with Gasteiger partial charge in [-0.3, -0.25) is 4.99 Å². The molecule has 0 unspecified atom stereocenters. The second-order valence-electron chi connectivity index (χ2n) is 4.41. The first kappa shape index (κ1) is 10.0. The molecule has 0 saturated heterocycles. The molecule has 3 rings (SSSR count). The monoisotopic (exact) mass is 278 g/mol. The van der Waals surface area contributed by atoms with Crippen LogP contribution in [0, 0.1) is 0 Å². The Labute approximate surface area is 121 Å². The highest BCUT2D eigenvalue weighted by Crippen LogP contribution is 2.28. The van der Waals surface area contributed by atoms with Crippen LogP contribution in [-0.4, -0.2) is 25.8 Å². The molecule has 2 aromatic rings. The Bertz CT molecular complexity index is 699. The number of hydrogen-bond acceptors (Lipinski definition) is 2. The average molecular weight is 279 g/mol. The van der Waals surface area contributed by atoms with Crippen LogP contribution in [0.4, 0.5) is 5.69 Å². The van der Waals surface area contributed by atoms with Crippen LogP contribution in [0.5, 0.6) is 0 Å². The molecular weight excluding hydrogens is 262 g/mol. The third kappa shape index (κ3) is 2.36. The fourth-order valence-corrected chi connectivity index (χ4v) is 2.40. The summed E-state index contributed by atoms with van der Waals surface area (Å²) in [7, 11) is 1.75. The third-order valence-corrected chi connectivity index (χ3v) is 3.40. The first-order chi connectivity index (χ1) is 9.99. The molecular formula is C16H15ClN2. The minimum atomic E-state index is -1.53. The number of aliphatic imine (C=N–C) groups is 1. The first-order valence-electron chi connectivity index (χ1n) is 7.13. The number of likely N-dealkylation sites (N-methyl/N-ethyl adjacent to an activating group) is 1. The number of hydrogen-bond donors (Lipinski definition) is 0. The van der Waals surface area contributed by atoms with Gasteiger partial charge in [-0.2, -0.15) is 0 Å². The Morgan fingerprint density at radius 1 is 1.21 bits per heavy atom. The standard InChI is InChI=1S/C16H15ClN2/c1-19-10-9-18-16(12-5-3-2-4-6-12)14-11-13(17)7-8-15(14)19/h2-8,11H,9-10H2,1H3/i2+1,3+1,4+1,5+1,6+1,10D2,12+1. The summed E-state index contributed by atoms with van der Waals surface area (Å²) in [4.78, 5) is 6.14. The van der Waals surface area contributed by atoms with E-state index in [4.69, 9.17) is 14.3 Å². The van der Waals surface area contributed by atoms with Crippen LogP contribution in [0.25, 0.3) is 0 Å². The van der Waals surface area contributed by atoms with Crippen LogP contribution in [0.1, 0.15) is 13.9 Å². The van der Waals surface area contributed by atoms with E-state index < -0.39 is 6.50 Å². The largest absolute Gasteiger partial charge is 0.372 e. The highest BCUT2D eigenvalue weighted by Gasteiger charge is 2.17. The quantitative estimate of drug-likeness (QED) is 0.778. The van der Waals surface area contributed by atoms with Gasteiger partial charge in [-0.1, -0.05) is 41.9 Å². The third-order valence-electron chi connectivity index (χ3n) is 3.17. The van der Waals surface area contributed by atoms with Crippen molar-refractivity contribution in [3.8, 4) is 0 Å². The number of fused-ring (bicyclic) bond motifs is 1. The van der Waals surface area contributed by atoms with Gasteiger partial charge in [0.1, 0.15) is 0 Å². The molecule has 2 aromatic carbocycles. The lowest BCUT2D eigenvalue weighted by atomic mass is 10.1. The number of nitrogens with zero attached hydrogens (tertiary/aromatic N) is 2. The number of rotatable bonds is 1. The number of benzene rings is 2. The lowest BCUT2D eigenvalue weighted by molar-refractivity contribution is 0.896. The normalized spacial score (nSPS) is 18.8. The predicted octanol–water partition coefficient (Wildman–Crippen LogP) is 3.63. The Kier molecular flexibility index (Phi) is 2.67. The molecule has 0 bridgehead atoms. The van der Waals surface area contributed by atoms with Crippen molar-refractivity contribution >= 4 is 23.0 Å². The van der Waals surface area contributed by atoms with Crippen LogP contribution in [0.3, 0.4) is 0 Å². The summed E-state index contributed by atoms with van der Waals surface area (Å²) in [5.41, 5.74) is 3.40. The van der Waals surface area contributed by atoms with Crippen molar-refractivity contribution < 1.29 is 2.74 Å². The van der Waals surface area contributed by atoms with Crippen molar-refractivity contribution in [1.82, 2.24) is 0 Å². The van der Waals surface area contributed by atoms with E-state index in [9.17, 15) is 0 Å². The molecule has 0 amide bonds. The van der Waals surface area contributed by atoms with Gasteiger partial charge in [0.2, 0.25) is 0 Å². The summed E-state index contributed by atoms with van der Waals surface area (Å²) in [6.45, 7) is -1.45. The predicted molar refractivity (Wildman–Crippen MR) is 81.7 cm³/mol. The number of halogens is 1. The molecule has 0 aliphatic carbocycles. The first-order valence-corrected chi connectivity index (χ1v) is 6.50. The van der Waals surface area contributed by atoms with Gasteiger partial charge in [-0.25, -0.2) is 0 Å². The zero-order valence-corrected chi connectivity index (χ0v) is 11.4. The molecule has 0 aromatic heterocycles. The Hall–Kier alpha value is -1.80. The lowest BCUT2D eigenvalue weighted by Crippen LogP contribution is -2.20. The van der Waals surface area contributed by atoms with Crippen molar-refractivity contribution in [3.63, 3.8) is 0 Å². The highest BCUT2D eigenvalue weighted by molar-refractivity contribution is 6.31. The maximum absolute atomic E-state index is 8.16. The van der Waals surface area contributed by atoms with E-state index in [1.54, 1.807) is 18.0 Å². The summed E-state index contributed by atoms with van der Waals surface area (Å²) >= 11 is 6.13. The molecule has 3 heteroatoms. The fourth-order valence-electron chi connectivity index (χ4n) is 2.22. The van der Waals surface area contributed by atoms with Gasteiger partial charge >= 0.3 is 0 Å². The maximum Gasteiger partial charge on any atom is 0.0741 e. The van der Waals surface area contributed by atoms with Gasteiger partial charge in [0.05, 0.1) is 15.0 Å². The summed E-state index contributed by atoms with van der Waals surface area (Å²) in [5, 5.41) is 0.619. The van der Waals surface area contributed by atoms with Crippen molar-refractivity contribution in [2.45, 2.75) is 0 Å². The van der Waals surface area contributed by atoms with E-state index in [0.29, 0.717) is 5.02 Å². The van der Waals surface area contributed by atoms with Crippen molar-refractivity contribution in [2.75, 3.05) is 25.0 Å². The van der Waals surface area contributed by atoms with Gasteiger partial charge in [0.15, 0.2) is 0 Å². The van der Waals surface area contributed by atoms with Crippen LogP contribution < -0.4 is 4.90 Å². The fraction of sp³-hybridized carbons (Fsp3) is 0.188. The van der Waals surface area contributed by atoms with Gasteiger partial charge < -0.3 is 4.90 Å². The van der Waals surface area contributed by atoms with Crippen LogP contribution >= 0.6 is 11.6 Å². The molecule has 96 valence electrons. The summed E-state index contributed by atoms with van der Waals surface area (Å²) in [5.74, 6) is 0.